The summed E-state index contributed by atoms with van der Waals surface area (Å²) in [5, 5.41) is 11.5. The smallest absolute Gasteiger partial charge is 0.0991 e. The van der Waals surface area contributed by atoms with Gasteiger partial charge in [-0.1, -0.05) is 37.1 Å². The van der Waals surface area contributed by atoms with E-state index in [1.165, 1.54) is 74.4 Å². The maximum atomic E-state index is 9.03. The van der Waals surface area contributed by atoms with Gasteiger partial charge in [0.1, 0.15) is 0 Å². The number of rotatable bonds is 3. The molecule has 1 heterocycles. The molecule has 1 saturated heterocycles. The molecule has 0 unspecified atom stereocenters. The molecule has 1 saturated carbocycles. The zero-order chi connectivity index (χ0) is 16.4. The molecule has 4 rings (SSSR count). The van der Waals surface area contributed by atoms with E-state index in [0.29, 0.717) is 0 Å². The molecular formula is C22H26N2. The molecule has 2 aliphatic rings. The second-order valence-electron chi connectivity index (χ2n) is 7.65. The SMILES string of the molecule is N#Cc1ccc2cc(C[C@H]3CCCN(C4CCCC4)C3)ccc2c1. The van der Waals surface area contributed by atoms with Crippen molar-refractivity contribution >= 4 is 10.8 Å². The molecule has 0 aromatic heterocycles. The van der Waals surface area contributed by atoms with Crippen molar-refractivity contribution in [3.63, 3.8) is 0 Å². The highest BCUT2D eigenvalue weighted by molar-refractivity contribution is 5.84. The van der Waals surface area contributed by atoms with E-state index in [0.717, 1.165) is 17.5 Å². The first-order chi connectivity index (χ1) is 11.8. The molecular weight excluding hydrogens is 292 g/mol. The number of benzene rings is 2. The summed E-state index contributed by atoms with van der Waals surface area (Å²) in [5.41, 5.74) is 2.19. The summed E-state index contributed by atoms with van der Waals surface area (Å²) in [4.78, 5) is 2.78. The van der Waals surface area contributed by atoms with E-state index in [9.17, 15) is 0 Å². The Bertz CT molecular complexity index is 752. The van der Waals surface area contributed by atoms with Crippen LogP contribution in [0.5, 0.6) is 0 Å². The van der Waals surface area contributed by atoms with Crippen LogP contribution in [0.25, 0.3) is 10.8 Å². The third-order valence-electron chi connectivity index (χ3n) is 5.95. The van der Waals surface area contributed by atoms with Crippen LogP contribution in [0, 0.1) is 17.2 Å². The molecule has 2 aromatic carbocycles. The van der Waals surface area contributed by atoms with Gasteiger partial charge in [-0.25, -0.2) is 0 Å². The van der Waals surface area contributed by atoms with E-state index in [2.05, 4.69) is 35.2 Å². The second kappa shape index (κ2) is 6.95. The monoisotopic (exact) mass is 318 g/mol. The summed E-state index contributed by atoms with van der Waals surface area (Å²) in [6.45, 7) is 2.60. The van der Waals surface area contributed by atoms with E-state index in [4.69, 9.17) is 5.26 Å². The zero-order valence-corrected chi connectivity index (χ0v) is 14.4. The molecule has 0 N–H and O–H groups in total. The van der Waals surface area contributed by atoms with Gasteiger partial charge in [0.25, 0.3) is 0 Å². The van der Waals surface area contributed by atoms with Crippen molar-refractivity contribution in [2.45, 2.75) is 51.0 Å². The van der Waals surface area contributed by atoms with Crippen LogP contribution in [0.4, 0.5) is 0 Å². The highest BCUT2D eigenvalue weighted by Gasteiger charge is 2.27. The largest absolute Gasteiger partial charge is 0.300 e. The third kappa shape index (κ3) is 3.32. The van der Waals surface area contributed by atoms with Crippen molar-refractivity contribution in [1.82, 2.24) is 4.90 Å². The predicted molar refractivity (Wildman–Crippen MR) is 98.9 cm³/mol. The van der Waals surface area contributed by atoms with Gasteiger partial charge in [-0.15, -0.1) is 0 Å². The maximum absolute atomic E-state index is 9.03. The van der Waals surface area contributed by atoms with Gasteiger partial charge in [0.05, 0.1) is 11.6 Å². The molecule has 24 heavy (non-hydrogen) atoms. The minimum atomic E-state index is 0.745. The molecule has 1 aliphatic heterocycles. The van der Waals surface area contributed by atoms with Crippen LogP contribution in [-0.2, 0) is 6.42 Å². The fourth-order valence-electron chi connectivity index (χ4n) is 4.69. The summed E-state index contributed by atoms with van der Waals surface area (Å²) in [7, 11) is 0. The molecule has 0 spiro atoms. The number of hydrogen-bond acceptors (Lipinski definition) is 2. The average Bonchev–Trinajstić information content (AvgIpc) is 3.16. The van der Waals surface area contributed by atoms with Crippen LogP contribution in [0.3, 0.4) is 0 Å². The fourth-order valence-corrected chi connectivity index (χ4v) is 4.69. The van der Waals surface area contributed by atoms with Gasteiger partial charge >= 0.3 is 0 Å². The van der Waals surface area contributed by atoms with Crippen LogP contribution in [-0.4, -0.2) is 24.0 Å². The van der Waals surface area contributed by atoms with E-state index in [1.807, 2.05) is 12.1 Å². The molecule has 0 bridgehead atoms. The first kappa shape index (κ1) is 15.7. The van der Waals surface area contributed by atoms with Crippen molar-refractivity contribution < 1.29 is 0 Å². The van der Waals surface area contributed by atoms with Gasteiger partial charge in [-0.3, -0.25) is 0 Å². The number of piperidine rings is 1. The van der Waals surface area contributed by atoms with Crippen molar-refractivity contribution in [3.8, 4) is 6.07 Å². The lowest BCUT2D eigenvalue weighted by molar-refractivity contribution is 0.125. The topological polar surface area (TPSA) is 27.0 Å². The Labute approximate surface area is 145 Å². The third-order valence-corrected chi connectivity index (χ3v) is 5.95. The standard InChI is InChI=1S/C22H26N2/c23-15-18-8-10-20-13-17(7-9-21(20)14-18)12-19-4-3-11-24(16-19)22-5-1-2-6-22/h7-10,13-14,19,22H,1-6,11-12,16H2/t19-/m1/s1. The van der Waals surface area contributed by atoms with Gasteiger partial charge < -0.3 is 4.90 Å². The highest BCUT2D eigenvalue weighted by Crippen LogP contribution is 2.29. The summed E-state index contributed by atoms with van der Waals surface area (Å²) >= 11 is 0. The van der Waals surface area contributed by atoms with E-state index >= 15 is 0 Å². The van der Waals surface area contributed by atoms with Crippen molar-refractivity contribution in [1.29, 1.82) is 5.26 Å². The molecule has 1 aliphatic carbocycles. The number of nitrogens with zero attached hydrogens (tertiary/aromatic N) is 2. The lowest BCUT2D eigenvalue weighted by Gasteiger charge is -2.37. The Kier molecular flexibility index (Phi) is 4.54. The Morgan fingerprint density at radius 1 is 0.958 bits per heavy atom. The highest BCUT2D eigenvalue weighted by atomic mass is 15.2. The van der Waals surface area contributed by atoms with Crippen molar-refractivity contribution in [2.24, 2.45) is 5.92 Å². The maximum Gasteiger partial charge on any atom is 0.0991 e. The number of likely N-dealkylation sites (tertiary alicyclic amines) is 1. The van der Waals surface area contributed by atoms with Gasteiger partial charge in [0.15, 0.2) is 0 Å². The minimum Gasteiger partial charge on any atom is -0.300 e. The summed E-state index contributed by atoms with van der Waals surface area (Å²) in [6.07, 6.45) is 9.63. The van der Waals surface area contributed by atoms with Crippen LogP contribution < -0.4 is 0 Å². The summed E-state index contributed by atoms with van der Waals surface area (Å²) in [6, 6.07) is 15.9. The van der Waals surface area contributed by atoms with Gasteiger partial charge in [-0.2, -0.15) is 5.26 Å². The number of nitriles is 1. The number of fused-ring (bicyclic) bond motifs is 1. The zero-order valence-electron chi connectivity index (χ0n) is 14.4. The molecule has 124 valence electrons. The molecule has 2 nitrogen and oxygen atoms in total. The quantitative estimate of drug-likeness (QED) is 0.804. The Hall–Kier alpha value is -1.85. The van der Waals surface area contributed by atoms with Crippen LogP contribution in [0.2, 0.25) is 0 Å². The van der Waals surface area contributed by atoms with E-state index in [1.54, 1.807) is 0 Å². The molecule has 0 radical (unpaired) electrons. The first-order valence-electron chi connectivity index (χ1n) is 9.49. The van der Waals surface area contributed by atoms with E-state index < -0.39 is 0 Å². The van der Waals surface area contributed by atoms with Crippen molar-refractivity contribution in [3.05, 3.63) is 47.5 Å². The Morgan fingerprint density at radius 2 is 1.75 bits per heavy atom. The molecule has 2 aromatic rings. The van der Waals surface area contributed by atoms with Crippen LogP contribution in [0.1, 0.15) is 49.7 Å². The lowest BCUT2D eigenvalue weighted by atomic mass is 9.89. The van der Waals surface area contributed by atoms with Crippen LogP contribution in [0.15, 0.2) is 36.4 Å². The average molecular weight is 318 g/mol. The summed E-state index contributed by atoms with van der Waals surface area (Å²) in [5.74, 6) is 0.801. The molecule has 2 heteroatoms. The van der Waals surface area contributed by atoms with Crippen molar-refractivity contribution in [2.75, 3.05) is 13.1 Å². The lowest BCUT2D eigenvalue weighted by Crippen LogP contribution is -2.42. The van der Waals surface area contributed by atoms with E-state index in [-0.39, 0.29) is 0 Å². The second-order valence-corrected chi connectivity index (χ2v) is 7.65. The number of hydrogen-bond donors (Lipinski definition) is 0. The van der Waals surface area contributed by atoms with Gasteiger partial charge in [0.2, 0.25) is 0 Å². The minimum absolute atomic E-state index is 0.745. The molecule has 0 amide bonds. The molecule has 2 fully saturated rings. The normalized spacial score (nSPS) is 22.7. The Morgan fingerprint density at radius 3 is 2.58 bits per heavy atom. The van der Waals surface area contributed by atoms with Gasteiger partial charge in [0, 0.05) is 12.6 Å². The van der Waals surface area contributed by atoms with Gasteiger partial charge in [-0.05, 0) is 73.0 Å². The summed E-state index contributed by atoms with van der Waals surface area (Å²) < 4.78 is 0. The Balaban J connectivity index is 1.46. The first-order valence-corrected chi connectivity index (χ1v) is 9.49. The fraction of sp³-hybridized carbons (Fsp3) is 0.500. The predicted octanol–water partition coefficient (Wildman–Crippen LogP) is 4.91. The molecule has 1 atom stereocenters. The van der Waals surface area contributed by atoms with Crippen LogP contribution >= 0.6 is 0 Å².